The van der Waals surface area contributed by atoms with Crippen LogP contribution in [-0.2, 0) is 0 Å². The molecule has 2 N–H and O–H groups in total. The van der Waals surface area contributed by atoms with Gasteiger partial charge in [-0.1, -0.05) is 29.3 Å². The number of hydrogen-bond acceptors (Lipinski definition) is 4. The minimum atomic E-state index is -1.29. The van der Waals surface area contributed by atoms with Gasteiger partial charge in [0.2, 0.25) is 5.69 Å². The van der Waals surface area contributed by atoms with Gasteiger partial charge in [-0.15, -0.1) is 10.2 Å². The van der Waals surface area contributed by atoms with Crippen LogP contribution in [-0.4, -0.2) is 50.4 Å². The van der Waals surface area contributed by atoms with Gasteiger partial charge in [-0.2, -0.15) is 5.21 Å². The van der Waals surface area contributed by atoms with E-state index in [0.717, 1.165) is 12.0 Å². The largest absolute Gasteiger partial charge is 0.476 e. The fraction of sp³-hybridized carbons (Fsp3) is 0.286. The third-order valence-electron chi connectivity index (χ3n) is 3.83. The summed E-state index contributed by atoms with van der Waals surface area (Å²) in [6, 6.07) is 5.28. The van der Waals surface area contributed by atoms with E-state index in [2.05, 4.69) is 15.4 Å². The molecule has 1 aliphatic rings. The number of halogens is 2. The highest BCUT2D eigenvalue weighted by Crippen LogP contribution is 2.34. The van der Waals surface area contributed by atoms with Crippen LogP contribution in [0.3, 0.4) is 0 Å². The van der Waals surface area contributed by atoms with Gasteiger partial charge in [-0.25, -0.2) is 4.79 Å². The Morgan fingerprint density at radius 1 is 1.26 bits per heavy atom. The highest BCUT2D eigenvalue weighted by atomic mass is 35.5. The van der Waals surface area contributed by atoms with Crippen molar-refractivity contribution in [1.82, 2.24) is 20.3 Å². The lowest BCUT2D eigenvalue weighted by Crippen LogP contribution is -2.30. The maximum Gasteiger partial charge on any atom is 0.358 e. The summed E-state index contributed by atoms with van der Waals surface area (Å²) in [5, 5.41) is 19.5. The van der Waals surface area contributed by atoms with E-state index in [9.17, 15) is 9.59 Å². The summed E-state index contributed by atoms with van der Waals surface area (Å²) in [5.74, 6) is -1.67. The first kappa shape index (κ1) is 15.8. The minimum Gasteiger partial charge on any atom is -0.476 e. The second-order valence-electron chi connectivity index (χ2n) is 5.23. The number of aromatic carboxylic acids is 1. The van der Waals surface area contributed by atoms with Gasteiger partial charge < -0.3 is 10.0 Å². The van der Waals surface area contributed by atoms with Crippen LogP contribution in [0.25, 0.3) is 0 Å². The molecule has 1 aliphatic heterocycles. The van der Waals surface area contributed by atoms with E-state index in [4.69, 9.17) is 28.3 Å². The topological polar surface area (TPSA) is 99.2 Å². The molecule has 7 nitrogen and oxygen atoms in total. The first-order valence-corrected chi connectivity index (χ1v) is 7.61. The van der Waals surface area contributed by atoms with E-state index in [1.54, 1.807) is 17.0 Å². The Balaban J connectivity index is 1.78. The minimum absolute atomic E-state index is 0.0731. The third kappa shape index (κ3) is 3.02. The fourth-order valence-electron chi connectivity index (χ4n) is 2.71. The van der Waals surface area contributed by atoms with Gasteiger partial charge >= 0.3 is 5.97 Å². The number of carbonyl (C=O) groups is 2. The number of likely N-dealkylation sites (tertiary alicyclic amines) is 1. The molecule has 1 saturated heterocycles. The molecule has 1 atom stereocenters. The quantitative estimate of drug-likeness (QED) is 0.881. The lowest BCUT2D eigenvalue weighted by atomic mass is 9.98. The van der Waals surface area contributed by atoms with Crippen molar-refractivity contribution in [2.45, 2.75) is 12.3 Å². The number of aromatic nitrogens is 3. The number of rotatable bonds is 3. The summed E-state index contributed by atoms with van der Waals surface area (Å²) in [4.78, 5) is 25.0. The summed E-state index contributed by atoms with van der Waals surface area (Å²) >= 11 is 12.1. The van der Waals surface area contributed by atoms with E-state index >= 15 is 0 Å². The molecular weight excluding hydrogens is 343 g/mol. The van der Waals surface area contributed by atoms with Crippen molar-refractivity contribution in [3.8, 4) is 0 Å². The van der Waals surface area contributed by atoms with Crippen LogP contribution in [0.2, 0.25) is 10.0 Å². The Hall–Kier alpha value is -2.12. The molecule has 0 spiro atoms. The molecule has 0 saturated carbocycles. The van der Waals surface area contributed by atoms with Crippen molar-refractivity contribution in [2.75, 3.05) is 13.1 Å². The summed E-state index contributed by atoms with van der Waals surface area (Å²) in [6.45, 7) is 0.931. The van der Waals surface area contributed by atoms with Gasteiger partial charge in [-0.3, -0.25) is 4.79 Å². The smallest absolute Gasteiger partial charge is 0.358 e. The average molecular weight is 355 g/mol. The Labute approximate surface area is 141 Å². The van der Waals surface area contributed by atoms with Crippen molar-refractivity contribution >= 4 is 35.1 Å². The zero-order valence-electron chi connectivity index (χ0n) is 11.8. The maximum absolute atomic E-state index is 12.4. The zero-order valence-corrected chi connectivity index (χ0v) is 13.3. The van der Waals surface area contributed by atoms with Gasteiger partial charge in [0.1, 0.15) is 0 Å². The third-order valence-corrected chi connectivity index (χ3v) is 4.39. The van der Waals surface area contributed by atoms with Crippen molar-refractivity contribution in [3.63, 3.8) is 0 Å². The van der Waals surface area contributed by atoms with Crippen molar-refractivity contribution in [3.05, 3.63) is 45.2 Å². The van der Waals surface area contributed by atoms with Crippen molar-refractivity contribution < 1.29 is 14.7 Å². The number of benzene rings is 1. The molecule has 1 fully saturated rings. The molecule has 9 heteroatoms. The Bertz CT molecular complexity index is 777. The van der Waals surface area contributed by atoms with Crippen LogP contribution in [0.1, 0.15) is 38.9 Å². The van der Waals surface area contributed by atoms with E-state index < -0.39 is 11.9 Å². The Morgan fingerprint density at radius 2 is 2.00 bits per heavy atom. The average Bonchev–Trinajstić information content (AvgIpc) is 3.16. The predicted octanol–water partition coefficient (Wildman–Crippen LogP) is 2.44. The van der Waals surface area contributed by atoms with Gasteiger partial charge in [0.15, 0.2) is 5.69 Å². The SMILES string of the molecule is O=C(O)c1n[nH]nc1C(=O)N1CCC(c2ccc(Cl)cc2Cl)C1. The number of H-pyrrole nitrogens is 1. The van der Waals surface area contributed by atoms with Gasteiger partial charge in [-0.05, 0) is 24.1 Å². The second-order valence-corrected chi connectivity index (χ2v) is 6.07. The molecule has 0 bridgehead atoms. The number of nitrogens with zero attached hydrogens (tertiary/aromatic N) is 3. The molecule has 2 aromatic rings. The molecule has 2 heterocycles. The lowest BCUT2D eigenvalue weighted by molar-refractivity contribution is 0.0674. The highest BCUT2D eigenvalue weighted by Gasteiger charge is 2.32. The van der Waals surface area contributed by atoms with Crippen LogP contribution in [0.5, 0.6) is 0 Å². The number of carboxylic acid groups (broad SMARTS) is 1. The zero-order chi connectivity index (χ0) is 16.6. The molecule has 3 rings (SSSR count). The standard InChI is InChI=1S/C14H12Cl2N4O3/c15-8-1-2-9(10(16)5-8)7-3-4-20(6-7)13(21)11-12(14(22)23)18-19-17-11/h1-2,5,7H,3-4,6H2,(H,22,23)(H,17,18,19). The Morgan fingerprint density at radius 3 is 2.70 bits per heavy atom. The molecule has 1 aromatic heterocycles. The van der Waals surface area contributed by atoms with E-state index in [1.807, 2.05) is 6.07 Å². The van der Waals surface area contributed by atoms with E-state index in [0.29, 0.717) is 23.1 Å². The number of nitrogens with one attached hydrogen (secondary N) is 1. The van der Waals surface area contributed by atoms with Crippen molar-refractivity contribution in [1.29, 1.82) is 0 Å². The first-order valence-electron chi connectivity index (χ1n) is 6.85. The van der Waals surface area contributed by atoms with Crippen LogP contribution in [0, 0.1) is 0 Å². The number of carboxylic acids is 1. The molecule has 1 unspecified atom stereocenters. The summed E-state index contributed by atoms with van der Waals surface area (Å²) < 4.78 is 0. The van der Waals surface area contributed by atoms with Crippen LogP contribution in [0.4, 0.5) is 0 Å². The maximum atomic E-state index is 12.4. The first-order chi connectivity index (χ1) is 11.0. The van der Waals surface area contributed by atoms with Crippen LogP contribution < -0.4 is 0 Å². The second kappa shape index (κ2) is 6.17. The number of amides is 1. The molecule has 0 radical (unpaired) electrons. The van der Waals surface area contributed by atoms with E-state index in [-0.39, 0.29) is 17.3 Å². The van der Waals surface area contributed by atoms with Gasteiger partial charge in [0.25, 0.3) is 5.91 Å². The van der Waals surface area contributed by atoms with Crippen molar-refractivity contribution in [2.24, 2.45) is 0 Å². The number of carbonyl (C=O) groups excluding carboxylic acids is 1. The summed E-state index contributed by atoms with van der Waals surface area (Å²) in [6.07, 6.45) is 0.730. The monoisotopic (exact) mass is 354 g/mol. The normalized spacial score (nSPS) is 17.5. The number of hydrogen-bond donors (Lipinski definition) is 2. The Kier molecular flexibility index (Phi) is 4.23. The molecular formula is C14H12Cl2N4O3. The van der Waals surface area contributed by atoms with Crippen LogP contribution >= 0.6 is 23.2 Å². The summed E-state index contributed by atoms with van der Waals surface area (Å²) in [7, 11) is 0. The van der Waals surface area contributed by atoms with Crippen LogP contribution in [0.15, 0.2) is 18.2 Å². The molecule has 1 amide bonds. The van der Waals surface area contributed by atoms with E-state index in [1.165, 1.54) is 0 Å². The molecule has 120 valence electrons. The molecule has 1 aromatic carbocycles. The highest BCUT2D eigenvalue weighted by molar-refractivity contribution is 6.35. The summed E-state index contributed by atoms with van der Waals surface area (Å²) in [5.41, 5.74) is 0.369. The van der Waals surface area contributed by atoms with Gasteiger partial charge in [0, 0.05) is 29.1 Å². The number of aromatic amines is 1. The molecule has 0 aliphatic carbocycles. The molecule has 23 heavy (non-hydrogen) atoms. The fourth-order valence-corrected chi connectivity index (χ4v) is 3.27. The lowest BCUT2D eigenvalue weighted by Gasteiger charge is -2.16. The van der Waals surface area contributed by atoms with Gasteiger partial charge in [0.05, 0.1) is 0 Å². The predicted molar refractivity (Wildman–Crippen MR) is 83.1 cm³/mol.